The number of aromatic amines is 1. The minimum Gasteiger partial charge on any atom is -0.315 e. The topological polar surface area (TPSA) is 57.8 Å². The van der Waals surface area contributed by atoms with E-state index in [1.165, 1.54) is 19.3 Å². The third-order valence-electron chi connectivity index (χ3n) is 4.07. The molecular formula is C14H23N3O. The molecule has 100 valence electrons. The molecule has 0 aromatic carbocycles. The summed E-state index contributed by atoms with van der Waals surface area (Å²) in [5.74, 6) is 2.20. The van der Waals surface area contributed by atoms with Gasteiger partial charge >= 0.3 is 0 Å². The summed E-state index contributed by atoms with van der Waals surface area (Å²) in [7, 11) is 1.83. The molecule has 0 atom stereocenters. The first kappa shape index (κ1) is 13.3. The van der Waals surface area contributed by atoms with Crippen LogP contribution in [0, 0.1) is 5.92 Å². The molecule has 4 heteroatoms. The van der Waals surface area contributed by atoms with Crippen molar-refractivity contribution >= 4 is 0 Å². The van der Waals surface area contributed by atoms with E-state index in [0.29, 0.717) is 18.0 Å². The van der Waals surface area contributed by atoms with E-state index in [2.05, 4.69) is 22.2 Å². The van der Waals surface area contributed by atoms with Crippen LogP contribution in [-0.4, -0.2) is 17.0 Å². The number of rotatable bonds is 4. The summed E-state index contributed by atoms with van der Waals surface area (Å²) in [6.07, 6.45) is 7.85. The minimum absolute atomic E-state index is 0.00645. The van der Waals surface area contributed by atoms with Gasteiger partial charge in [-0.2, -0.15) is 0 Å². The fraction of sp³-hybridized carbons (Fsp3) is 0.714. The average molecular weight is 249 g/mol. The van der Waals surface area contributed by atoms with Gasteiger partial charge in [-0.15, -0.1) is 0 Å². The maximum atomic E-state index is 11.9. The molecule has 2 N–H and O–H groups in total. The summed E-state index contributed by atoms with van der Waals surface area (Å²) in [4.78, 5) is 19.3. The zero-order valence-electron chi connectivity index (χ0n) is 11.3. The van der Waals surface area contributed by atoms with Crippen LogP contribution in [0.25, 0.3) is 0 Å². The van der Waals surface area contributed by atoms with Crippen LogP contribution in [0.1, 0.15) is 56.3 Å². The van der Waals surface area contributed by atoms with Gasteiger partial charge in [0, 0.05) is 24.2 Å². The summed E-state index contributed by atoms with van der Waals surface area (Å²) in [6, 6.07) is 0. The molecule has 1 fully saturated rings. The van der Waals surface area contributed by atoms with Gasteiger partial charge in [0.25, 0.3) is 5.56 Å². The van der Waals surface area contributed by atoms with E-state index in [4.69, 9.17) is 0 Å². The summed E-state index contributed by atoms with van der Waals surface area (Å²) < 4.78 is 0. The van der Waals surface area contributed by atoms with Gasteiger partial charge in [0.2, 0.25) is 0 Å². The van der Waals surface area contributed by atoms with Crippen LogP contribution in [0.15, 0.2) is 11.0 Å². The molecule has 1 heterocycles. The normalized spacial score (nSPS) is 24.1. The van der Waals surface area contributed by atoms with Crippen molar-refractivity contribution in [2.75, 3.05) is 7.05 Å². The van der Waals surface area contributed by atoms with Crippen molar-refractivity contribution < 1.29 is 0 Å². The van der Waals surface area contributed by atoms with Gasteiger partial charge in [0.15, 0.2) is 0 Å². The summed E-state index contributed by atoms with van der Waals surface area (Å²) in [6.45, 7) is 2.84. The largest absolute Gasteiger partial charge is 0.315 e. The summed E-state index contributed by atoms with van der Waals surface area (Å²) >= 11 is 0. The summed E-state index contributed by atoms with van der Waals surface area (Å²) in [5.41, 5.74) is 0.718. The molecule has 18 heavy (non-hydrogen) atoms. The summed E-state index contributed by atoms with van der Waals surface area (Å²) in [5, 5.41) is 2.98. The Morgan fingerprint density at radius 1 is 1.39 bits per heavy atom. The van der Waals surface area contributed by atoms with E-state index >= 15 is 0 Å². The van der Waals surface area contributed by atoms with Crippen molar-refractivity contribution in [2.45, 2.75) is 51.5 Å². The molecule has 1 aliphatic carbocycles. The average Bonchev–Trinajstić information content (AvgIpc) is 2.41. The predicted octanol–water partition coefficient (Wildman–Crippen LogP) is 2.17. The molecule has 0 saturated heterocycles. The highest BCUT2D eigenvalue weighted by atomic mass is 16.1. The first-order chi connectivity index (χ1) is 8.74. The Bertz CT molecular complexity index is 433. The first-order valence-corrected chi connectivity index (χ1v) is 6.97. The Kier molecular flexibility index (Phi) is 4.53. The molecule has 1 aliphatic rings. The number of hydrogen-bond donors (Lipinski definition) is 2. The number of nitrogens with zero attached hydrogens (tertiary/aromatic N) is 1. The van der Waals surface area contributed by atoms with Gasteiger partial charge in [-0.1, -0.05) is 13.3 Å². The quantitative estimate of drug-likeness (QED) is 0.860. The maximum Gasteiger partial charge on any atom is 0.255 e. The number of aromatic nitrogens is 2. The SMILES string of the molecule is CCC1CCC(c2ncc(CNC)c(=O)[nH]2)CC1. The van der Waals surface area contributed by atoms with Gasteiger partial charge in [0.1, 0.15) is 5.82 Å². The molecular weight excluding hydrogens is 226 g/mol. The van der Waals surface area contributed by atoms with Crippen LogP contribution in [-0.2, 0) is 6.54 Å². The second kappa shape index (κ2) is 6.14. The van der Waals surface area contributed by atoms with Crippen LogP contribution in [0.2, 0.25) is 0 Å². The Hall–Kier alpha value is -1.16. The standard InChI is InChI=1S/C14H23N3O/c1-3-10-4-6-11(7-5-10)13-16-9-12(8-15-2)14(18)17-13/h9-11,15H,3-8H2,1-2H3,(H,16,17,18). The highest BCUT2D eigenvalue weighted by Gasteiger charge is 2.23. The Morgan fingerprint density at radius 3 is 2.67 bits per heavy atom. The van der Waals surface area contributed by atoms with Crippen LogP contribution in [0.5, 0.6) is 0 Å². The third-order valence-corrected chi connectivity index (χ3v) is 4.07. The van der Waals surface area contributed by atoms with E-state index < -0.39 is 0 Å². The van der Waals surface area contributed by atoms with Crippen molar-refractivity contribution in [3.05, 3.63) is 27.9 Å². The van der Waals surface area contributed by atoms with E-state index in [-0.39, 0.29) is 5.56 Å². The van der Waals surface area contributed by atoms with Crippen molar-refractivity contribution in [1.29, 1.82) is 0 Å². The van der Waals surface area contributed by atoms with E-state index in [1.54, 1.807) is 6.20 Å². The molecule has 1 saturated carbocycles. The van der Waals surface area contributed by atoms with Crippen molar-refractivity contribution in [1.82, 2.24) is 15.3 Å². The smallest absolute Gasteiger partial charge is 0.255 e. The zero-order chi connectivity index (χ0) is 13.0. The van der Waals surface area contributed by atoms with Crippen LogP contribution < -0.4 is 10.9 Å². The molecule has 0 unspecified atom stereocenters. The molecule has 0 aliphatic heterocycles. The fourth-order valence-electron chi connectivity index (χ4n) is 2.80. The number of H-pyrrole nitrogens is 1. The highest BCUT2D eigenvalue weighted by Crippen LogP contribution is 2.35. The third kappa shape index (κ3) is 2.99. The lowest BCUT2D eigenvalue weighted by Gasteiger charge is -2.27. The minimum atomic E-state index is 0.00645. The molecule has 1 aromatic rings. The van der Waals surface area contributed by atoms with Gasteiger partial charge in [0.05, 0.1) is 0 Å². The van der Waals surface area contributed by atoms with E-state index in [1.807, 2.05) is 7.05 Å². The maximum absolute atomic E-state index is 11.9. The van der Waals surface area contributed by atoms with Crippen molar-refractivity contribution in [3.63, 3.8) is 0 Å². The Balaban J connectivity index is 2.06. The van der Waals surface area contributed by atoms with Crippen molar-refractivity contribution in [3.8, 4) is 0 Å². The van der Waals surface area contributed by atoms with Crippen LogP contribution >= 0.6 is 0 Å². The van der Waals surface area contributed by atoms with E-state index in [0.717, 1.165) is 24.6 Å². The van der Waals surface area contributed by atoms with Gasteiger partial charge in [-0.25, -0.2) is 4.98 Å². The molecule has 0 bridgehead atoms. The molecule has 0 radical (unpaired) electrons. The lowest BCUT2D eigenvalue weighted by atomic mass is 9.80. The molecule has 0 amide bonds. The van der Waals surface area contributed by atoms with Gasteiger partial charge in [-0.3, -0.25) is 4.79 Å². The lowest BCUT2D eigenvalue weighted by Crippen LogP contribution is -2.23. The second-order valence-electron chi connectivity index (χ2n) is 5.28. The lowest BCUT2D eigenvalue weighted by molar-refractivity contribution is 0.311. The zero-order valence-corrected chi connectivity index (χ0v) is 11.3. The predicted molar refractivity (Wildman–Crippen MR) is 72.6 cm³/mol. The van der Waals surface area contributed by atoms with Gasteiger partial charge < -0.3 is 10.3 Å². The molecule has 1 aromatic heterocycles. The van der Waals surface area contributed by atoms with Crippen LogP contribution in [0.4, 0.5) is 0 Å². The number of hydrogen-bond acceptors (Lipinski definition) is 3. The Labute approximate surface area is 108 Å². The van der Waals surface area contributed by atoms with Crippen molar-refractivity contribution in [2.24, 2.45) is 5.92 Å². The van der Waals surface area contributed by atoms with Gasteiger partial charge in [-0.05, 0) is 38.6 Å². The molecule has 2 rings (SSSR count). The highest BCUT2D eigenvalue weighted by molar-refractivity contribution is 5.08. The monoisotopic (exact) mass is 249 g/mol. The Morgan fingerprint density at radius 2 is 2.11 bits per heavy atom. The van der Waals surface area contributed by atoms with E-state index in [9.17, 15) is 4.79 Å². The second-order valence-corrected chi connectivity index (χ2v) is 5.28. The molecule has 0 spiro atoms. The fourth-order valence-corrected chi connectivity index (χ4v) is 2.80. The first-order valence-electron chi connectivity index (χ1n) is 6.97. The molecule has 4 nitrogen and oxygen atoms in total. The van der Waals surface area contributed by atoms with Crippen LogP contribution in [0.3, 0.4) is 0 Å². The number of nitrogens with one attached hydrogen (secondary N) is 2.